The van der Waals surface area contributed by atoms with E-state index in [4.69, 9.17) is 4.74 Å². The van der Waals surface area contributed by atoms with Gasteiger partial charge in [-0.1, -0.05) is 30.3 Å². The number of hydrogen-bond acceptors (Lipinski definition) is 3. The lowest BCUT2D eigenvalue weighted by atomic mass is 10.1. The number of aryl methyl sites for hydroxylation is 1. The van der Waals surface area contributed by atoms with Crippen LogP contribution in [0.4, 0.5) is 5.69 Å². The minimum atomic E-state index is -3.42. The molecule has 0 radical (unpaired) electrons. The van der Waals surface area contributed by atoms with E-state index in [1.165, 1.54) is 0 Å². The quantitative estimate of drug-likeness (QED) is 0.892. The molecule has 0 aromatic heterocycles. The minimum Gasteiger partial charge on any atom is -0.492 e. The fraction of sp³-hybridized carbons (Fsp3) is 0.250. The first-order chi connectivity index (χ1) is 9.98. The van der Waals surface area contributed by atoms with Crippen molar-refractivity contribution in [1.82, 2.24) is 0 Å². The zero-order valence-electron chi connectivity index (χ0n) is 12.2. The molecule has 0 unspecified atom stereocenters. The molecule has 0 aliphatic carbocycles. The van der Waals surface area contributed by atoms with Gasteiger partial charge in [0.25, 0.3) is 0 Å². The molecule has 0 saturated carbocycles. The van der Waals surface area contributed by atoms with Crippen LogP contribution >= 0.6 is 0 Å². The third-order valence-electron chi connectivity index (χ3n) is 3.23. The number of rotatable bonds is 6. The molecule has 0 amide bonds. The van der Waals surface area contributed by atoms with E-state index in [0.717, 1.165) is 11.1 Å². The van der Waals surface area contributed by atoms with Gasteiger partial charge in [-0.25, -0.2) is 8.42 Å². The Labute approximate surface area is 125 Å². The van der Waals surface area contributed by atoms with Crippen molar-refractivity contribution in [3.63, 3.8) is 0 Å². The van der Waals surface area contributed by atoms with Gasteiger partial charge in [0.2, 0.25) is 10.0 Å². The summed E-state index contributed by atoms with van der Waals surface area (Å²) in [5.74, 6) is 0.578. The maximum absolute atomic E-state index is 12.1. The Morgan fingerprint density at radius 2 is 1.71 bits per heavy atom. The summed E-state index contributed by atoms with van der Waals surface area (Å²) in [4.78, 5) is 0. The molecule has 0 heterocycles. The second kappa shape index (κ2) is 6.63. The van der Waals surface area contributed by atoms with Gasteiger partial charge >= 0.3 is 0 Å². The standard InChI is InChI=1S/C16H19NO3S/c1-13-7-6-10-16(14(13)2)17-21(18,19)12-11-20-15-8-4-3-5-9-15/h3-10,17H,11-12H2,1-2H3. The number of hydrogen-bond donors (Lipinski definition) is 1. The molecule has 0 spiro atoms. The maximum atomic E-state index is 12.1. The highest BCUT2D eigenvalue weighted by Gasteiger charge is 2.12. The van der Waals surface area contributed by atoms with Crippen LogP contribution in [-0.4, -0.2) is 20.8 Å². The van der Waals surface area contributed by atoms with Gasteiger partial charge in [-0.05, 0) is 43.2 Å². The van der Waals surface area contributed by atoms with Crippen LogP contribution in [0.2, 0.25) is 0 Å². The molecule has 1 N–H and O–H groups in total. The van der Waals surface area contributed by atoms with Crippen LogP contribution in [0.25, 0.3) is 0 Å². The number of ether oxygens (including phenoxy) is 1. The summed E-state index contributed by atoms with van der Waals surface area (Å²) >= 11 is 0. The summed E-state index contributed by atoms with van der Waals surface area (Å²) < 4.78 is 32.1. The normalized spacial score (nSPS) is 11.1. The van der Waals surface area contributed by atoms with E-state index in [1.54, 1.807) is 18.2 Å². The SMILES string of the molecule is Cc1cccc(NS(=O)(=O)CCOc2ccccc2)c1C. The fourth-order valence-corrected chi connectivity index (χ4v) is 2.83. The largest absolute Gasteiger partial charge is 0.492 e. The summed E-state index contributed by atoms with van der Waals surface area (Å²) in [6.07, 6.45) is 0. The molecule has 0 saturated heterocycles. The van der Waals surface area contributed by atoms with Crippen molar-refractivity contribution in [2.24, 2.45) is 0 Å². The fourth-order valence-electron chi connectivity index (χ4n) is 1.87. The minimum absolute atomic E-state index is 0.0880. The Morgan fingerprint density at radius 1 is 1.00 bits per heavy atom. The third kappa shape index (κ3) is 4.49. The molecule has 0 aliphatic heterocycles. The van der Waals surface area contributed by atoms with Crippen molar-refractivity contribution in [3.8, 4) is 5.75 Å². The third-order valence-corrected chi connectivity index (χ3v) is 4.47. The van der Waals surface area contributed by atoms with Gasteiger partial charge in [-0.3, -0.25) is 4.72 Å². The van der Waals surface area contributed by atoms with E-state index >= 15 is 0 Å². The molecular weight excluding hydrogens is 286 g/mol. The van der Waals surface area contributed by atoms with E-state index in [2.05, 4.69) is 4.72 Å². The van der Waals surface area contributed by atoms with Crippen LogP contribution in [-0.2, 0) is 10.0 Å². The van der Waals surface area contributed by atoms with Crippen molar-refractivity contribution >= 4 is 15.7 Å². The molecule has 2 aromatic carbocycles. The van der Waals surface area contributed by atoms with Crippen molar-refractivity contribution in [3.05, 3.63) is 59.7 Å². The molecule has 21 heavy (non-hydrogen) atoms. The first-order valence-electron chi connectivity index (χ1n) is 6.72. The van der Waals surface area contributed by atoms with Gasteiger partial charge in [-0.2, -0.15) is 0 Å². The zero-order chi connectivity index (χ0) is 15.3. The van der Waals surface area contributed by atoms with Crippen LogP contribution < -0.4 is 9.46 Å². The number of anilines is 1. The molecule has 0 bridgehead atoms. The highest BCUT2D eigenvalue weighted by Crippen LogP contribution is 2.19. The Morgan fingerprint density at radius 3 is 2.43 bits per heavy atom. The lowest BCUT2D eigenvalue weighted by Crippen LogP contribution is -2.21. The molecule has 112 valence electrons. The van der Waals surface area contributed by atoms with E-state index in [1.807, 2.05) is 44.2 Å². The van der Waals surface area contributed by atoms with Crippen molar-refractivity contribution in [2.45, 2.75) is 13.8 Å². The molecule has 5 heteroatoms. The van der Waals surface area contributed by atoms with Crippen molar-refractivity contribution in [1.29, 1.82) is 0 Å². The van der Waals surface area contributed by atoms with Gasteiger partial charge in [0.1, 0.15) is 18.1 Å². The number of sulfonamides is 1. The molecule has 0 atom stereocenters. The average molecular weight is 305 g/mol. The monoisotopic (exact) mass is 305 g/mol. The van der Waals surface area contributed by atoms with Gasteiger partial charge in [0.15, 0.2) is 0 Å². The van der Waals surface area contributed by atoms with Crippen LogP contribution in [0.1, 0.15) is 11.1 Å². The Kier molecular flexibility index (Phi) is 4.85. The average Bonchev–Trinajstić information content (AvgIpc) is 2.45. The smallest absolute Gasteiger partial charge is 0.236 e. The summed E-state index contributed by atoms with van der Waals surface area (Å²) in [5, 5.41) is 0. The van der Waals surface area contributed by atoms with E-state index in [9.17, 15) is 8.42 Å². The lowest BCUT2D eigenvalue weighted by Gasteiger charge is -2.12. The van der Waals surface area contributed by atoms with Crippen LogP contribution in [0.15, 0.2) is 48.5 Å². The Bertz CT molecular complexity index is 697. The summed E-state index contributed by atoms with van der Waals surface area (Å²) in [6.45, 7) is 3.96. The molecule has 0 fully saturated rings. The second-order valence-corrected chi connectivity index (χ2v) is 6.67. The van der Waals surface area contributed by atoms with Crippen LogP contribution in [0.5, 0.6) is 5.75 Å². The summed E-state index contributed by atoms with van der Waals surface area (Å²) in [7, 11) is -3.42. The predicted molar refractivity (Wildman–Crippen MR) is 85.3 cm³/mol. The second-order valence-electron chi connectivity index (χ2n) is 4.83. The number of nitrogens with one attached hydrogen (secondary N) is 1. The highest BCUT2D eigenvalue weighted by atomic mass is 32.2. The number of para-hydroxylation sites is 1. The molecule has 0 aliphatic rings. The van der Waals surface area contributed by atoms with E-state index in [0.29, 0.717) is 11.4 Å². The van der Waals surface area contributed by atoms with E-state index < -0.39 is 10.0 Å². The summed E-state index contributed by atoms with van der Waals surface area (Å²) in [5.41, 5.74) is 2.61. The lowest BCUT2D eigenvalue weighted by molar-refractivity contribution is 0.341. The van der Waals surface area contributed by atoms with Crippen molar-refractivity contribution in [2.75, 3.05) is 17.1 Å². The highest BCUT2D eigenvalue weighted by molar-refractivity contribution is 7.92. The molecule has 4 nitrogen and oxygen atoms in total. The van der Waals surface area contributed by atoms with Gasteiger partial charge in [0, 0.05) is 0 Å². The molecule has 2 rings (SSSR count). The maximum Gasteiger partial charge on any atom is 0.236 e. The molecule has 2 aromatic rings. The van der Waals surface area contributed by atoms with Crippen LogP contribution in [0, 0.1) is 13.8 Å². The summed E-state index contributed by atoms with van der Waals surface area (Å²) in [6, 6.07) is 14.7. The first-order valence-corrected chi connectivity index (χ1v) is 8.38. The van der Waals surface area contributed by atoms with Crippen molar-refractivity contribution < 1.29 is 13.2 Å². The Balaban J connectivity index is 1.95. The van der Waals surface area contributed by atoms with Gasteiger partial charge in [-0.15, -0.1) is 0 Å². The zero-order valence-corrected chi connectivity index (χ0v) is 13.0. The Hall–Kier alpha value is -2.01. The van der Waals surface area contributed by atoms with E-state index in [-0.39, 0.29) is 12.4 Å². The van der Waals surface area contributed by atoms with Crippen LogP contribution in [0.3, 0.4) is 0 Å². The molecular formula is C16H19NO3S. The first kappa shape index (κ1) is 15.4. The number of benzene rings is 2. The van der Waals surface area contributed by atoms with Gasteiger partial charge in [0.05, 0.1) is 5.69 Å². The predicted octanol–water partition coefficient (Wildman–Crippen LogP) is 3.12. The topological polar surface area (TPSA) is 55.4 Å². The van der Waals surface area contributed by atoms with Gasteiger partial charge < -0.3 is 4.74 Å².